The molecule has 0 unspecified atom stereocenters. The Labute approximate surface area is 275 Å². The zero-order valence-corrected chi connectivity index (χ0v) is 28.2. The van der Waals surface area contributed by atoms with Crippen molar-refractivity contribution in [1.29, 1.82) is 0 Å². The zero-order valence-electron chi connectivity index (χ0n) is 28.2. The first-order valence-electron chi connectivity index (χ1n) is 17.1. The Morgan fingerprint density at radius 1 is 0.522 bits per heavy atom. The van der Waals surface area contributed by atoms with Crippen molar-refractivity contribution < 1.29 is 0 Å². The predicted octanol–water partition coefficient (Wildman–Crippen LogP) is 12.2. The van der Waals surface area contributed by atoms with E-state index in [0.29, 0.717) is 11.8 Å². The van der Waals surface area contributed by atoms with Gasteiger partial charge < -0.3 is 0 Å². The number of hydrogen-bond donors (Lipinski definition) is 0. The van der Waals surface area contributed by atoms with Crippen LogP contribution in [0.15, 0.2) is 109 Å². The molecule has 0 radical (unpaired) electrons. The van der Waals surface area contributed by atoms with E-state index in [1.54, 1.807) is 0 Å². The lowest BCUT2D eigenvalue weighted by atomic mass is 9.64. The molecule has 3 aliphatic rings. The van der Waals surface area contributed by atoms with E-state index in [0.717, 1.165) is 19.3 Å². The molecule has 0 heteroatoms. The molecule has 0 aromatic heterocycles. The lowest BCUT2D eigenvalue weighted by Gasteiger charge is -2.39. The summed E-state index contributed by atoms with van der Waals surface area (Å²) in [7, 11) is 0. The number of benzene rings is 5. The Morgan fingerprint density at radius 2 is 0.870 bits per heavy atom. The first-order valence-corrected chi connectivity index (χ1v) is 17.1. The summed E-state index contributed by atoms with van der Waals surface area (Å²) < 4.78 is 0. The zero-order chi connectivity index (χ0) is 31.9. The fourth-order valence-corrected chi connectivity index (χ4v) is 9.28. The van der Waals surface area contributed by atoms with Gasteiger partial charge >= 0.3 is 0 Å². The molecule has 0 spiro atoms. The van der Waals surface area contributed by atoms with E-state index in [-0.39, 0.29) is 5.41 Å². The quantitative estimate of drug-likeness (QED) is 0.189. The van der Waals surface area contributed by atoms with Crippen molar-refractivity contribution in [3.63, 3.8) is 0 Å². The van der Waals surface area contributed by atoms with Crippen molar-refractivity contribution in [2.45, 2.75) is 78.1 Å². The molecule has 5 aromatic carbocycles. The first kappa shape index (κ1) is 29.0. The average molecular weight is 597 g/mol. The molecular weight excluding hydrogens is 553 g/mol. The fraction of sp³-hybridized carbons (Fsp3) is 0.261. The molecule has 0 fully saturated rings. The van der Waals surface area contributed by atoms with Gasteiger partial charge in [-0.2, -0.15) is 0 Å². The van der Waals surface area contributed by atoms with Crippen LogP contribution < -0.4 is 0 Å². The minimum Gasteiger partial charge on any atom is -0.0908 e. The molecule has 8 rings (SSSR count). The van der Waals surface area contributed by atoms with E-state index < -0.39 is 0 Å². The first-order chi connectivity index (χ1) is 22.2. The second-order valence-corrected chi connectivity index (χ2v) is 14.5. The highest BCUT2D eigenvalue weighted by molar-refractivity contribution is 5.90. The Morgan fingerprint density at radius 3 is 1.24 bits per heavy atom. The van der Waals surface area contributed by atoms with Gasteiger partial charge in [0.25, 0.3) is 0 Å². The lowest BCUT2D eigenvalue weighted by molar-refractivity contribution is 0.406. The van der Waals surface area contributed by atoms with Crippen LogP contribution in [0, 0.1) is 34.6 Å². The highest BCUT2D eigenvalue weighted by atomic mass is 14.5. The molecule has 0 amide bonds. The second-order valence-electron chi connectivity index (χ2n) is 14.5. The summed E-state index contributed by atoms with van der Waals surface area (Å²) in [6, 6.07) is 35.7. The Bertz CT molecular complexity index is 1900. The maximum Gasteiger partial charge on any atom is 0.0230 e. The van der Waals surface area contributed by atoms with Gasteiger partial charge in [0.15, 0.2) is 0 Å². The topological polar surface area (TPSA) is 0 Å². The van der Waals surface area contributed by atoms with Crippen LogP contribution >= 0.6 is 0 Å². The second kappa shape index (κ2) is 10.6. The lowest BCUT2D eigenvalue weighted by Crippen LogP contribution is -2.31. The van der Waals surface area contributed by atoms with Crippen molar-refractivity contribution in [2.75, 3.05) is 0 Å². The molecular formula is C46H44. The summed E-state index contributed by atoms with van der Waals surface area (Å²) in [6.45, 7) is 18.4. The van der Waals surface area contributed by atoms with Crippen LogP contribution in [0.25, 0.3) is 27.8 Å². The molecule has 0 saturated carbocycles. The number of hydrogen-bond acceptors (Lipinski definition) is 0. The number of fused-ring (bicyclic) bond motifs is 7. The van der Waals surface area contributed by atoms with Crippen LogP contribution in [0.5, 0.6) is 0 Å². The van der Waals surface area contributed by atoms with E-state index in [4.69, 9.17) is 6.58 Å². The largest absolute Gasteiger partial charge is 0.0908 e. The molecule has 0 N–H and O–H groups in total. The molecule has 0 atom stereocenters. The maximum atomic E-state index is 4.84. The van der Waals surface area contributed by atoms with Gasteiger partial charge in [0, 0.05) is 17.3 Å². The molecule has 0 bridgehead atoms. The number of aryl methyl sites for hydroxylation is 5. The third kappa shape index (κ3) is 4.26. The highest BCUT2D eigenvalue weighted by Crippen LogP contribution is 2.62. The van der Waals surface area contributed by atoms with Crippen LogP contribution in [-0.4, -0.2) is 0 Å². The van der Waals surface area contributed by atoms with Crippen LogP contribution in [0.4, 0.5) is 0 Å². The number of rotatable bonds is 5. The summed E-state index contributed by atoms with van der Waals surface area (Å²) in [5.41, 5.74) is 23.5. The Kier molecular flexibility index (Phi) is 6.66. The monoisotopic (exact) mass is 596 g/mol. The van der Waals surface area contributed by atoms with Crippen molar-refractivity contribution in [2.24, 2.45) is 0 Å². The van der Waals surface area contributed by atoms with Crippen LogP contribution in [-0.2, 0) is 5.41 Å². The van der Waals surface area contributed by atoms with Crippen molar-refractivity contribution in [1.82, 2.24) is 0 Å². The molecule has 0 aliphatic heterocycles. The van der Waals surface area contributed by atoms with Gasteiger partial charge in [-0.25, -0.2) is 0 Å². The van der Waals surface area contributed by atoms with E-state index in [9.17, 15) is 0 Å². The van der Waals surface area contributed by atoms with Gasteiger partial charge in [0.05, 0.1) is 0 Å². The maximum absolute atomic E-state index is 4.84. The molecule has 5 aromatic rings. The van der Waals surface area contributed by atoms with E-state index in [1.807, 2.05) is 0 Å². The molecule has 46 heavy (non-hydrogen) atoms. The highest BCUT2D eigenvalue weighted by Gasteiger charge is 2.50. The predicted molar refractivity (Wildman–Crippen MR) is 196 cm³/mol. The minimum absolute atomic E-state index is 0.192. The Balaban J connectivity index is 1.40. The van der Waals surface area contributed by atoms with Gasteiger partial charge in [0.1, 0.15) is 0 Å². The van der Waals surface area contributed by atoms with Gasteiger partial charge in [-0.05, 0) is 121 Å². The standard InChI is InChI=1S/C46H44/c1-8-9-44-32(7)33-15-10-31(6)24-45(33)46(44,25-42-38-20-27(2)11-16-34(38)35-17-12-28(3)21-39(35)42)26-43-40-22-29(4)13-18-36(40)37-19-14-30(5)23-41(37)43/h9-24,42-43H,7-8,25-26H2,1-6H3/b44-9+. The summed E-state index contributed by atoms with van der Waals surface area (Å²) in [6.07, 6.45) is 5.57. The van der Waals surface area contributed by atoms with Gasteiger partial charge in [-0.15, -0.1) is 0 Å². The summed E-state index contributed by atoms with van der Waals surface area (Å²) in [4.78, 5) is 0. The molecule has 228 valence electrons. The van der Waals surface area contributed by atoms with Crippen LogP contribution in [0.2, 0.25) is 0 Å². The van der Waals surface area contributed by atoms with Crippen LogP contribution in [0.1, 0.15) is 99.2 Å². The third-order valence-corrected chi connectivity index (χ3v) is 11.3. The summed E-state index contributed by atoms with van der Waals surface area (Å²) in [5.74, 6) is 0.611. The van der Waals surface area contributed by atoms with Crippen molar-refractivity contribution in [3.05, 3.63) is 170 Å². The van der Waals surface area contributed by atoms with Crippen molar-refractivity contribution in [3.8, 4) is 22.3 Å². The number of allylic oxidation sites excluding steroid dienone is 3. The smallest absolute Gasteiger partial charge is 0.0230 e. The summed E-state index contributed by atoms with van der Waals surface area (Å²) >= 11 is 0. The molecule has 0 nitrogen and oxygen atoms in total. The van der Waals surface area contributed by atoms with E-state index in [2.05, 4.69) is 139 Å². The van der Waals surface area contributed by atoms with Crippen molar-refractivity contribution >= 4 is 5.57 Å². The van der Waals surface area contributed by atoms with E-state index in [1.165, 1.54) is 94.6 Å². The molecule has 0 saturated heterocycles. The summed E-state index contributed by atoms with van der Waals surface area (Å²) in [5, 5.41) is 0. The van der Waals surface area contributed by atoms with Gasteiger partial charge in [-0.3, -0.25) is 0 Å². The third-order valence-electron chi connectivity index (χ3n) is 11.3. The van der Waals surface area contributed by atoms with Gasteiger partial charge in [-0.1, -0.05) is 138 Å². The molecule has 3 aliphatic carbocycles. The van der Waals surface area contributed by atoms with Crippen LogP contribution in [0.3, 0.4) is 0 Å². The average Bonchev–Trinajstić information content (AvgIpc) is 3.56. The SMILES string of the molecule is C=C1/C(=C\CC)C(CC2c3cc(C)ccc3-c3ccc(C)cc32)(CC2c3cc(C)ccc3-c3ccc(C)cc32)c2cc(C)ccc21. The fourth-order valence-electron chi connectivity index (χ4n) is 9.28. The van der Waals surface area contributed by atoms with E-state index >= 15 is 0 Å². The molecule has 0 heterocycles. The minimum atomic E-state index is -0.192. The van der Waals surface area contributed by atoms with Gasteiger partial charge in [0.2, 0.25) is 0 Å². The normalized spacial score (nSPS) is 16.8. The Hall–Kier alpha value is -4.42.